The lowest BCUT2D eigenvalue weighted by Gasteiger charge is -2.22. The van der Waals surface area contributed by atoms with Gasteiger partial charge in [-0.1, -0.05) is 22.6 Å². The SMILES string of the molecule is Cc1cc(=O)n(C)c2c1C(=O)c1c(CI)cc(=O)[nH]c1C2=O. The average molecular weight is 410 g/mol. The highest BCUT2D eigenvalue weighted by molar-refractivity contribution is 14.1. The molecule has 0 atom stereocenters. The average Bonchev–Trinajstić information content (AvgIpc) is 2.47. The van der Waals surface area contributed by atoms with Crippen molar-refractivity contribution >= 4 is 34.2 Å². The summed E-state index contributed by atoms with van der Waals surface area (Å²) in [7, 11) is 1.44. The van der Waals surface area contributed by atoms with E-state index in [-0.39, 0.29) is 33.9 Å². The smallest absolute Gasteiger partial charge is 0.251 e. The van der Waals surface area contributed by atoms with Crippen LogP contribution in [0.4, 0.5) is 0 Å². The molecule has 0 fully saturated rings. The van der Waals surface area contributed by atoms with E-state index in [1.165, 1.54) is 19.2 Å². The van der Waals surface area contributed by atoms with Crippen LogP contribution in [-0.4, -0.2) is 21.1 Å². The fourth-order valence-electron chi connectivity index (χ4n) is 2.76. The molecule has 112 valence electrons. The van der Waals surface area contributed by atoms with Gasteiger partial charge in [0.15, 0.2) is 5.78 Å². The molecule has 0 amide bonds. The quantitative estimate of drug-likeness (QED) is 0.481. The van der Waals surface area contributed by atoms with Crippen molar-refractivity contribution in [1.29, 1.82) is 0 Å². The zero-order chi connectivity index (χ0) is 16.2. The molecule has 1 N–H and O–H groups in total. The van der Waals surface area contributed by atoms with Gasteiger partial charge in [-0.2, -0.15) is 0 Å². The highest BCUT2D eigenvalue weighted by atomic mass is 127. The highest BCUT2D eigenvalue weighted by Gasteiger charge is 2.35. The number of aromatic amines is 1. The van der Waals surface area contributed by atoms with Gasteiger partial charge in [0, 0.05) is 23.6 Å². The second kappa shape index (κ2) is 5.01. The Morgan fingerprint density at radius 1 is 1.09 bits per heavy atom. The lowest BCUT2D eigenvalue weighted by molar-refractivity contribution is 0.0966. The Morgan fingerprint density at radius 2 is 1.77 bits per heavy atom. The molecular formula is C15H11IN2O4. The second-order valence-electron chi connectivity index (χ2n) is 5.15. The fraction of sp³-hybridized carbons (Fsp3) is 0.200. The molecule has 0 saturated heterocycles. The minimum Gasteiger partial charge on any atom is -0.318 e. The van der Waals surface area contributed by atoms with Gasteiger partial charge in [-0.25, -0.2) is 0 Å². The first-order chi connectivity index (χ1) is 10.4. The molecule has 0 bridgehead atoms. The molecule has 0 saturated carbocycles. The molecule has 7 heteroatoms. The third-order valence-corrected chi connectivity index (χ3v) is 4.62. The van der Waals surface area contributed by atoms with Crippen LogP contribution in [-0.2, 0) is 11.5 Å². The minimum absolute atomic E-state index is 0.0303. The van der Waals surface area contributed by atoms with E-state index in [0.717, 1.165) is 4.57 Å². The molecular weight excluding hydrogens is 399 g/mol. The Labute approximate surface area is 138 Å². The molecule has 0 radical (unpaired) electrons. The number of halogens is 1. The number of carbonyl (C=O) groups is 2. The van der Waals surface area contributed by atoms with Crippen LogP contribution in [0.1, 0.15) is 43.2 Å². The van der Waals surface area contributed by atoms with Crippen molar-refractivity contribution in [2.75, 3.05) is 0 Å². The lowest BCUT2D eigenvalue weighted by Crippen LogP contribution is -2.34. The van der Waals surface area contributed by atoms with Gasteiger partial charge in [0.25, 0.3) is 5.56 Å². The zero-order valence-electron chi connectivity index (χ0n) is 11.8. The third kappa shape index (κ3) is 1.92. The summed E-state index contributed by atoms with van der Waals surface area (Å²) in [6.07, 6.45) is 0. The minimum atomic E-state index is -0.503. The topological polar surface area (TPSA) is 89.0 Å². The van der Waals surface area contributed by atoms with Gasteiger partial charge >= 0.3 is 0 Å². The van der Waals surface area contributed by atoms with E-state index in [9.17, 15) is 19.2 Å². The number of alkyl halides is 1. The van der Waals surface area contributed by atoms with Crippen LogP contribution in [0, 0.1) is 6.92 Å². The van der Waals surface area contributed by atoms with E-state index >= 15 is 0 Å². The number of H-pyrrole nitrogens is 1. The van der Waals surface area contributed by atoms with Gasteiger partial charge in [-0.15, -0.1) is 0 Å². The normalized spacial score (nSPS) is 13.0. The molecule has 1 aliphatic carbocycles. The van der Waals surface area contributed by atoms with Crippen molar-refractivity contribution in [1.82, 2.24) is 9.55 Å². The summed E-state index contributed by atoms with van der Waals surface area (Å²) in [4.78, 5) is 51.6. The molecule has 22 heavy (non-hydrogen) atoms. The van der Waals surface area contributed by atoms with Crippen LogP contribution in [0.3, 0.4) is 0 Å². The number of hydrogen-bond donors (Lipinski definition) is 1. The number of aryl methyl sites for hydroxylation is 1. The Hall–Kier alpha value is -2.03. The summed E-state index contributed by atoms with van der Waals surface area (Å²) < 4.78 is 1.59. The van der Waals surface area contributed by atoms with E-state index in [4.69, 9.17) is 0 Å². The number of carbonyl (C=O) groups excluding carboxylic acids is 2. The number of aromatic nitrogens is 2. The van der Waals surface area contributed by atoms with E-state index in [2.05, 4.69) is 4.98 Å². The first-order valence-corrected chi connectivity index (χ1v) is 8.01. The number of rotatable bonds is 1. The first-order valence-electron chi connectivity index (χ1n) is 6.49. The maximum Gasteiger partial charge on any atom is 0.251 e. The Morgan fingerprint density at radius 3 is 2.41 bits per heavy atom. The second-order valence-corrected chi connectivity index (χ2v) is 5.91. The van der Waals surface area contributed by atoms with Crippen molar-refractivity contribution in [2.24, 2.45) is 7.05 Å². The van der Waals surface area contributed by atoms with Crippen LogP contribution >= 0.6 is 22.6 Å². The van der Waals surface area contributed by atoms with Crippen LogP contribution in [0.15, 0.2) is 21.7 Å². The number of nitrogens with zero attached hydrogens (tertiary/aromatic N) is 1. The molecule has 0 aliphatic heterocycles. The summed E-state index contributed by atoms with van der Waals surface area (Å²) in [6, 6.07) is 2.67. The third-order valence-electron chi connectivity index (χ3n) is 3.80. The monoisotopic (exact) mass is 410 g/mol. The van der Waals surface area contributed by atoms with Crippen LogP contribution in [0.5, 0.6) is 0 Å². The van der Waals surface area contributed by atoms with E-state index in [1.807, 2.05) is 22.6 Å². The predicted molar refractivity (Wildman–Crippen MR) is 88.1 cm³/mol. The van der Waals surface area contributed by atoms with Crippen molar-refractivity contribution in [3.63, 3.8) is 0 Å². The van der Waals surface area contributed by atoms with E-state index in [0.29, 0.717) is 15.6 Å². The molecule has 2 aromatic rings. The number of hydrogen-bond acceptors (Lipinski definition) is 4. The number of fused-ring (bicyclic) bond motifs is 2. The molecule has 6 nitrogen and oxygen atoms in total. The molecule has 2 heterocycles. The number of pyridine rings is 2. The molecule has 2 aromatic heterocycles. The van der Waals surface area contributed by atoms with Crippen molar-refractivity contribution in [2.45, 2.75) is 11.4 Å². The van der Waals surface area contributed by atoms with Crippen LogP contribution < -0.4 is 11.1 Å². The summed E-state index contributed by atoms with van der Waals surface area (Å²) in [5.74, 6) is -0.836. The number of ketones is 2. The van der Waals surface area contributed by atoms with Crippen molar-refractivity contribution < 1.29 is 9.59 Å². The maximum absolute atomic E-state index is 12.8. The molecule has 1 aliphatic rings. The van der Waals surface area contributed by atoms with Gasteiger partial charge in [-0.3, -0.25) is 19.2 Å². The molecule has 3 rings (SSSR count). The van der Waals surface area contributed by atoms with Gasteiger partial charge in [0.1, 0.15) is 11.4 Å². The van der Waals surface area contributed by atoms with E-state index in [1.54, 1.807) is 6.92 Å². The summed E-state index contributed by atoms with van der Waals surface area (Å²) in [5.41, 5.74) is 0.650. The van der Waals surface area contributed by atoms with Crippen LogP contribution in [0.25, 0.3) is 0 Å². The maximum atomic E-state index is 12.8. The zero-order valence-corrected chi connectivity index (χ0v) is 14.0. The summed E-state index contributed by atoms with van der Waals surface area (Å²) in [5, 5.41) is 0. The Bertz CT molecular complexity index is 969. The lowest BCUT2D eigenvalue weighted by atomic mass is 9.85. The standard InChI is InChI=1S/C15H11IN2O4/c1-6-3-9(20)18(2)13-10(6)14(21)11-7(5-16)4-8(19)17-12(11)15(13)22/h3-4H,5H2,1-2H3,(H,17,19). The highest BCUT2D eigenvalue weighted by Crippen LogP contribution is 2.29. The predicted octanol–water partition coefficient (Wildman–Crippen LogP) is 1.09. The van der Waals surface area contributed by atoms with E-state index < -0.39 is 11.3 Å². The fourth-order valence-corrected chi connectivity index (χ4v) is 3.36. The Balaban J connectivity index is 2.48. The summed E-state index contributed by atoms with van der Waals surface area (Å²) in [6.45, 7) is 1.63. The summed E-state index contributed by atoms with van der Waals surface area (Å²) >= 11 is 2.04. The van der Waals surface area contributed by atoms with Gasteiger partial charge in [0.05, 0.1) is 11.1 Å². The van der Waals surface area contributed by atoms with Gasteiger partial charge in [-0.05, 0) is 18.1 Å². The van der Waals surface area contributed by atoms with Crippen molar-refractivity contribution in [3.05, 3.63) is 66.5 Å². The van der Waals surface area contributed by atoms with Gasteiger partial charge in [0.2, 0.25) is 11.3 Å². The van der Waals surface area contributed by atoms with Crippen LogP contribution in [0.2, 0.25) is 0 Å². The Kier molecular flexibility index (Phi) is 3.39. The number of nitrogens with one attached hydrogen (secondary N) is 1. The molecule has 0 unspecified atom stereocenters. The van der Waals surface area contributed by atoms with Crippen molar-refractivity contribution in [3.8, 4) is 0 Å². The first kappa shape index (κ1) is 14.9. The molecule has 0 spiro atoms. The van der Waals surface area contributed by atoms with Gasteiger partial charge < -0.3 is 9.55 Å². The largest absolute Gasteiger partial charge is 0.318 e. The molecule has 0 aromatic carbocycles.